The van der Waals surface area contributed by atoms with E-state index in [0.29, 0.717) is 53.3 Å². The molecule has 1 atom stereocenters. The SMILES string of the molecule is COc1cc(C(=O)CN2CCC[C@H]2C(=O)NC(=O)C(O)(c2ccccc2)c2ccccc2)cc(OC)c1OC. The highest BCUT2D eigenvalue weighted by Gasteiger charge is 2.42. The summed E-state index contributed by atoms with van der Waals surface area (Å²) in [7, 11) is 4.41. The smallest absolute Gasteiger partial charge is 0.267 e. The van der Waals surface area contributed by atoms with Crippen molar-refractivity contribution in [2.45, 2.75) is 24.5 Å². The van der Waals surface area contributed by atoms with Crippen molar-refractivity contribution in [3.05, 3.63) is 89.5 Å². The third-order valence-corrected chi connectivity index (χ3v) is 6.95. The Bertz CT molecular complexity index is 1260. The molecule has 1 aliphatic rings. The number of methoxy groups -OCH3 is 3. The minimum atomic E-state index is -2.08. The first-order valence-corrected chi connectivity index (χ1v) is 12.6. The summed E-state index contributed by atoms with van der Waals surface area (Å²) in [6.07, 6.45) is 1.15. The molecule has 0 aliphatic carbocycles. The first-order chi connectivity index (χ1) is 18.8. The predicted octanol–water partition coefficient (Wildman–Crippen LogP) is 2.94. The van der Waals surface area contributed by atoms with E-state index in [4.69, 9.17) is 14.2 Å². The summed E-state index contributed by atoms with van der Waals surface area (Å²) < 4.78 is 16.0. The van der Waals surface area contributed by atoms with E-state index >= 15 is 0 Å². The molecule has 0 radical (unpaired) electrons. The van der Waals surface area contributed by atoms with Crippen molar-refractivity contribution in [3.63, 3.8) is 0 Å². The zero-order valence-electron chi connectivity index (χ0n) is 22.2. The Morgan fingerprint density at radius 2 is 1.44 bits per heavy atom. The predicted molar refractivity (Wildman–Crippen MR) is 144 cm³/mol. The van der Waals surface area contributed by atoms with E-state index in [9.17, 15) is 19.5 Å². The highest BCUT2D eigenvalue weighted by Crippen LogP contribution is 2.38. The number of aliphatic hydroxyl groups is 1. The molecule has 4 rings (SSSR count). The van der Waals surface area contributed by atoms with Gasteiger partial charge in [0.1, 0.15) is 0 Å². The average Bonchev–Trinajstić information content (AvgIpc) is 3.44. The molecular formula is C30H32N2O7. The van der Waals surface area contributed by atoms with Crippen LogP contribution in [0.3, 0.4) is 0 Å². The van der Waals surface area contributed by atoms with Gasteiger partial charge in [-0.15, -0.1) is 0 Å². The van der Waals surface area contributed by atoms with Crippen LogP contribution >= 0.6 is 0 Å². The fraction of sp³-hybridized carbons (Fsp3) is 0.300. The zero-order valence-corrected chi connectivity index (χ0v) is 22.2. The molecule has 0 saturated carbocycles. The third kappa shape index (κ3) is 5.64. The fourth-order valence-electron chi connectivity index (χ4n) is 4.90. The maximum atomic E-state index is 13.5. The Hall–Kier alpha value is -4.21. The molecule has 39 heavy (non-hydrogen) atoms. The number of rotatable bonds is 10. The molecule has 1 heterocycles. The van der Waals surface area contributed by atoms with Gasteiger partial charge in [-0.05, 0) is 42.6 Å². The van der Waals surface area contributed by atoms with Crippen LogP contribution in [0.25, 0.3) is 0 Å². The van der Waals surface area contributed by atoms with E-state index in [0.717, 1.165) is 0 Å². The van der Waals surface area contributed by atoms with Crippen molar-refractivity contribution in [3.8, 4) is 17.2 Å². The maximum absolute atomic E-state index is 13.5. The quantitative estimate of drug-likeness (QED) is 0.383. The van der Waals surface area contributed by atoms with Crippen LogP contribution < -0.4 is 19.5 Å². The molecule has 0 unspecified atom stereocenters. The highest BCUT2D eigenvalue weighted by atomic mass is 16.5. The lowest BCUT2D eigenvalue weighted by Gasteiger charge is -2.29. The number of carbonyl (C=O) groups excluding carboxylic acids is 3. The second-order valence-electron chi connectivity index (χ2n) is 9.23. The second kappa shape index (κ2) is 12.1. The fourth-order valence-corrected chi connectivity index (χ4v) is 4.90. The molecule has 1 aliphatic heterocycles. The highest BCUT2D eigenvalue weighted by molar-refractivity contribution is 6.04. The van der Waals surface area contributed by atoms with Gasteiger partial charge in [-0.25, -0.2) is 0 Å². The summed E-state index contributed by atoms with van der Waals surface area (Å²) in [5, 5.41) is 14.1. The molecular weight excluding hydrogens is 500 g/mol. The van der Waals surface area contributed by atoms with E-state index in [2.05, 4.69) is 5.32 Å². The van der Waals surface area contributed by atoms with Crippen LogP contribution in [-0.4, -0.2) is 68.1 Å². The second-order valence-corrected chi connectivity index (χ2v) is 9.23. The van der Waals surface area contributed by atoms with Crippen molar-refractivity contribution in [1.29, 1.82) is 0 Å². The van der Waals surface area contributed by atoms with E-state index in [1.165, 1.54) is 21.3 Å². The van der Waals surface area contributed by atoms with E-state index in [1.54, 1.807) is 77.7 Å². The molecule has 0 spiro atoms. The largest absolute Gasteiger partial charge is 0.493 e. The number of ketones is 1. The summed E-state index contributed by atoms with van der Waals surface area (Å²) in [4.78, 5) is 41.8. The Balaban J connectivity index is 1.53. The third-order valence-electron chi connectivity index (χ3n) is 6.95. The number of hydrogen-bond acceptors (Lipinski definition) is 8. The van der Waals surface area contributed by atoms with Gasteiger partial charge in [-0.3, -0.25) is 24.6 Å². The van der Waals surface area contributed by atoms with E-state index in [1.807, 2.05) is 0 Å². The molecule has 1 saturated heterocycles. The molecule has 204 valence electrons. The topological polar surface area (TPSA) is 114 Å². The summed E-state index contributed by atoms with van der Waals surface area (Å²) in [6.45, 7) is 0.455. The molecule has 3 aromatic carbocycles. The van der Waals surface area contributed by atoms with Gasteiger partial charge >= 0.3 is 0 Å². The summed E-state index contributed by atoms with van der Waals surface area (Å²) in [5.41, 5.74) is -1.06. The number of carbonyl (C=O) groups is 3. The van der Waals surface area contributed by atoms with Crippen molar-refractivity contribution >= 4 is 17.6 Å². The molecule has 9 heteroatoms. The van der Waals surface area contributed by atoms with Gasteiger partial charge < -0.3 is 19.3 Å². The average molecular weight is 533 g/mol. The van der Waals surface area contributed by atoms with Crippen LogP contribution in [0.15, 0.2) is 72.8 Å². The number of nitrogens with one attached hydrogen (secondary N) is 1. The number of benzene rings is 3. The van der Waals surface area contributed by atoms with Crippen LogP contribution in [-0.2, 0) is 15.2 Å². The van der Waals surface area contributed by atoms with Crippen molar-refractivity contribution in [2.75, 3.05) is 34.4 Å². The van der Waals surface area contributed by atoms with Gasteiger partial charge in [0.05, 0.1) is 33.9 Å². The molecule has 0 bridgehead atoms. The molecule has 1 fully saturated rings. The first kappa shape index (κ1) is 27.8. The first-order valence-electron chi connectivity index (χ1n) is 12.6. The minimum Gasteiger partial charge on any atom is -0.493 e. The van der Waals surface area contributed by atoms with Gasteiger partial charge in [0, 0.05) is 5.56 Å². The normalized spacial score (nSPS) is 15.4. The minimum absolute atomic E-state index is 0.0491. The van der Waals surface area contributed by atoms with Crippen LogP contribution in [0.4, 0.5) is 0 Å². The van der Waals surface area contributed by atoms with Crippen LogP contribution in [0.2, 0.25) is 0 Å². The van der Waals surface area contributed by atoms with Crippen molar-refractivity contribution in [1.82, 2.24) is 10.2 Å². The number of likely N-dealkylation sites (tertiary alicyclic amines) is 1. The van der Waals surface area contributed by atoms with E-state index in [-0.39, 0.29) is 12.3 Å². The van der Waals surface area contributed by atoms with Gasteiger partial charge in [0.2, 0.25) is 11.7 Å². The standard InChI is InChI=1S/C30H32N2O7/c1-37-25-17-20(18-26(38-2)27(25)39-3)24(33)19-32-16-10-15-23(32)28(34)31-29(35)30(36,21-11-6-4-7-12-21)22-13-8-5-9-14-22/h4-9,11-14,17-18,23,36H,10,15-16,19H2,1-3H3,(H,31,34,35)/t23-/m0/s1. The number of nitrogens with zero attached hydrogens (tertiary/aromatic N) is 1. The van der Waals surface area contributed by atoms with Gasteiger partial charge in [0.25, 0.3) is 5.91 Å². The summed E-state index contributed by atoms with van der Waals surface area (Å²) in [5.74, 6) is -0.596. The number of imide groups is 1. The number of hydrogen-bond donors (Lipinski definition) is 2. The number of ether oxygens (including phenoxy) is 3. The van der Waals surface area contributed by atoms with Gasteiger partial charge in [0.15, 0.2) is 22.9 Å². The monoisotopic (exact) mass is 532 g/mol. The Morgan fingerprint density at radius 3 is 1.92 bits per heavy atom. The lowest BCUT2D eigenvalue weighted by molar-refractivity contribution is -0.142. The molecule has 3 aromatic rings. The number of amides is 2. The Morgan fingerprint density at radius 1 is 0.897 bits per heavy atom. The summed E-state index contributed by atoms with van der Waals surface area (Å²) >= 11 is 0. The zero-order chi connectivity index (χ0) is 28.0. The van der Waals surface area contributed by atoms with Crippen molar-refractivity contribution < 1.29 is 33.7 Å². The van der Waals surface area contributed by atoms with Crippen molar-refractivity contribution in [2.24, 2.45) is 0 Å². The molecule has 9 nitrogen and oxygen atoms in total. The Kier molecular flexibility index (Phi) is 8.63. The van der Waals surface area contributed by atoms with Crippen LogP contribution in [0.5, 0.6) is 17.2 Å². The van der Waals surface area contributed by atoms with Gasteiger partial charge in [-0.2, -0.15) is 0 Å². The van der Waals surface area contributed by atoms with E-state index < -0.39 is 23.5 Å². The van der Waals surface area contributed by atoms with Crippen LogP contribution in [0, 0.1) is 0 Å². The molecule has 2 amide bonds. The van der Waals surface area contributed by atoms with Gasteiger partial charge in [-0.1, -0.05) is 60.7 Å². The molecule has 2 N–H and O–H groups in total. The van der Waals surface area contributed by atoms with Crippen LogP contribution in [0.1, 0.15) is 34.3 Å². The number of Topliss-reactive ketones (excluding diaryl/α,β-unsaturated/α-hetero) is 1. The maximum Gasteiger partial charge on any atom is 0.267 e. The molecule has 0 aromatic heterocycles. The lowest BCUT2D eigenvalue weighted by Crippen LogP contribution is -2.53. The Labute approximate surface area is 227 Å². The summed E-state index contributed by atoms with van der Waals surface area (Å²) in [6, 6.07) is 19.4. The lowest BCUT2D eigenvalue weighted by atomic mass is 9.85.